The molecule has 0 aliphatic heterocycles. The molecule has 0 heterocycles. The summed E-state index contributed by atoms with van der Waals surface area (Å²) in [5.41, 5.74) is 6.68. The summed E-state index contributed by atoms with van der Waals surface area (Å²) in [6.45, 7) is 10.2. The number of anilines is 1. The highest BCUT2D eigenvalue weighted by Gasteiger charge is 2.20. The average molecular weight is 393 g/mol. The third-order valence-electron chi connectivity index (χ3n) is 4.62. The van der Waals surface area contributed by atoms with Crippen LogP contribution in [0.4, 0.5) is 5.69 Å². The van der Waals surface area contributed by atoms with Crippen molar-refractivity contribution in [3.05, 3.63) is 29.3 Å². The van der Waals surface area contributed by atoms with E-state index >= 15 is 0 Å². The largest absolute Gasteiger partial charge is 0.398 e. The first-order chi connectivity index (χ1) is 12.9. The predicted octanol–water partition coefficient (Wildman–Crippen LogP) is 3.26. The van der Waals surface area contributed by atoms with Crippen LogP contribution in [0.3, 0.4) is 0 Å². The number of hydrogen-bond donors (Lipinski definition) is 3. The number of rotatable bonds is 12. The van der Waals surface area contributed by atoms with Gasteiger partial charge in [0.1, 0.15) is 0 Å². The van der Waals surface area contributed by atoms with E-state index in [0.29, 0.717) is 43.7 Å². The molecule has 158 valence electrons. The van der Waals surface area contributed by atoms with Crippen molar-refractivity contribution in [1.29, 1.82) is 0 Å². The van der Waals surface area contributed by atoms with Crippen LogP contribution in [0.1, 0.15) is 76.2 Å². The number of nitrogen functional groups attached to an aromatic ring is 1. The predicted molar refractivity (Wildman–Crippen MR) is 112 cm³/mol. The molecular weight excluding hydrogens is 356 g/mol. The maximum Gasteiger partial charge on any atom is 0.220 e. The summed E-state index contributed by atoms with van der Waals surface area (Å²) in [7, 11) is 0. The fraction of sp³-hybridized carbons (Fsp3) is 0.636. The molecule has 0 aliphatic carbocycles. The van der Waals surface area contributed by atoms with Gasteiger partial charge in [0, 0.05) is 24.2 Å². The lowest BCUT2D eigenvalue weighted by Gasteiger charge is -2.27. The number of nitrogens with one attached hydrogen (secondary N) is 1. The van der Waals surface area contributed by atoms with Crippen LogP contribution in [0, 0.1) is 0 Å². The molecule has 0 fully saturated rings. The van der Waals surface area contributed by atoms with Crippen LogP contribution in [0.15, 0.2) is 18.2 Å². The minimum Gasteiger partial charge on any atom is -0.398 e. The summed E-state index contributed by atoms with van der Waals surface area (Å²) in [4.78, 5) is 23.6. The van der Waals surface area contributed by atoms with E-state index in [0.717, 1.165) is 18.4 Å². The van der Waals surface area contributed by atoms with E-state index in [1.807, 2.05) is 19.9 Å². The molecule has 0 atom stereocenters. The van der Waals surface area contributed by atoms with Gasteiger partial charge in [-0.3, -0.25) is 9.59 Å². The topological polar surface area (TPSA) is 102 Å². The Balaban J connectivity index is 2.28. The molecule has 1 aromatic carbocycles. The van der Waals surface area contributed by atoms with Crippen molar-refractivity contribution in [1.82, 2.24) is 5.32 Å². The second kappa shape index (κ2) is 10.6. The summed E-state index contributed by atoms with van der Waals surface area (Å²) in [6.07, 6.45) is 3.16. The minimum absolute atomic E-state index is 0.0121. The van der Waals surface area contributed by atoms with E-state index in [1.54, 1.807) is 26.0 Å². The Morgan fingerprint density at radius 3 is 2.46 bits per heavy atom. The Hall–Kier alpha value is -1.92. The number of carbonyl (C=O) groups is 2. The van der Waals surface area contributed by atoms with E-state index in [1.165, 1.54) is 6.92 Å². The molecule has 4 N–H and O–H groups in total. The van der Waals surface area contributed by atoms with Gasteiger partial charge in [0.05, 0.1) is 17.8 Å². The first-order valence-electron chi connectivity index (χ1n) is 9.92. The van der Waals surface area contributed by atoms with Crippen molar-refractivity contribution in [3.63, 3.8) is 0 Å². The molecule has 0 radical (unpaired) electrons. The molecule has 28 heavy (non-hydrogen) atoms. The highest BCUT2D eigenvalue weighted by Crippen LogP contribution is 2.19. The van der Waals surface area contributed by atoms with Crippen LogP contribution in [0.2, 0.25) is 0 Å². The van der Waals surface area contributed by atoms with E-state index in [2.05, 4.69) is 5.32 Å². The zero-order chi connectivity index (χ0) is 21.4. The molecule has 1 rings (SSSR count). The summed E-state index contributed by atoms with van der Waals surface area (Å²) in [5.74, 6) is -0.0851. The van der Waals surface area contributed by atoms with Crippen molar-refractivity contribution < 1.29 is 19.4 Å². The Labute approximate surface area is 168 Å². The average Bonchev–Trinajstić information content (AvgIpc) is 2.56. The molecular formula is C22H36N2O4. The first-order valence-corrected chi connectivity index (χ1v) is 9.92. The Morgan fingerprint density at radius 1 is 1.18 bits per heavy atom. The van der Waals surface area contributed by atoms with Crippen LogP contribution >= 0.6 is 0 Å². The minimum atomic E-state index is -0.723. The van der Waals surface area contributed by atoms with E-state index in [4.69, 9.17) is 10.5 Å². The molecule has 0 bridgehead atoms. The fourth-order valence-corrected chi connectivity index (χ4v) is 2.80. The van der Waals surface area contributed by atoms with E-state index in [9.17, 15) is 14.7 Å². The summed E-state index contributed by atoms with van der Waals surface area (Å²) < 4.78 is 5.85. The van der Waals surface area contributed by atoms with Gasteiger partial charge in [-0.1, -0.05) is 6.07 Å². The number of amides is 1. The van der Waals surface area contributed by atoms with Gasteiger partial charge in [0.25, 0.3) is 0 Å². The number of Topliss-reactive ketones (excluding diaryl/α,β-unsaturated/α-hetero) is 1. The molecule has 0 aromatic heterocycles. The van der Waals surface area contributed by atoms with Gasteiger partial charge >= 0.3 is 0 Å². The van der Waals surface area contributed by atoms with Crippen LogP contribution in [0.25, 0.3) is 0 Å². The monoisotopic (exact) mass is 392 g/mol. The zero-order valence-corrected chi connectivity index (χ0v) is 17.9. The molecule has 6 heteroatoms. The molecule has 1 amide bonds. The molecule has 0 saturated carbocycles. The van der Waals surface area contributed by atoms with E-state index < -0.39 is 5.60 Å². The van der Waals surface area contributed by atoms with E-state index in [-0.39, 0.29) is 17.3 Å². The van der Waals surface area contributed by atoms with Crippen molar-refractivity contribution in [2.45, 2.75) is 77.9 Å². The molecule has 6 nitrogen and oxygen atoms in total. The fourth-order valence-electron chi connectivity index (χ4n) is 2.80. The third-order valence-corrected chi connectivity index (χ3v) is 4.62. The number of hydrogen-bond acceptors (Lipinski definition) is 5. The highest BCUT2D eigenvalue weighted by molar-refractivity contribution is 5.99. The normalized spacial score (nSPS) is 12.1. The molecule has 0 aliphatic rings. The van der Waals surface area contributed by atoms with Crippen molar-refractivity contribution in [2.24, 2.45) is 0 Å². The van der Waals surface area contributed by atoms with Gasteiger partial charge in [-0.05, 0) is 78.0 Å². The van der Waals surface area contributed by atoms with Crippen LogP contribution in [0.5, 0.6) is 0 Å². The summed E-state index contributed by atoms with van der Waals surface area (Å²) in [6, 6.07) is 5.32. The lowest BCUT2D eigenvalue weighted by atomic mass is 10.0. The van der Waals surface area contributed by atoms with Crippen molar-refractivity contribution in [2.75, 3.05) is 18.9 Å². The summed E-state index contributed by atoms with van der Waals surface area (Å²) in [5, 5.41) is 12.7. The first kappa shape index (κ1) is 24.1. The van der Waals surface area contributed by atoms with Gasteiger partial charge in [0.2, 0.25) is 5.91 Å². The number of ketones is 1. The number of nitrogens with two attached hydrogens (primary N) is 1. The standard InChI is InChI=1S/C22H36N2O4/c1-16(25)18-15-17(7-9-19(18)23)8-10-20(26)24-13-6-11-22(4,5)28-14-12-21(2,3)27/h7,9,15,27H,6,8,10-14,23H2,1-5H3,(H,24,26). The van der Waals surface area contributed by atoms with Crippen molar-refractivity contribution >= 4 is 17.4 Å². The lowest BCUT2D eigenvalue weighted by molar-refractivity contribution is -0.121. The SMILES string of the molecule is CC(=O)c1cc(CCC(=O)NCCCC(C)(C)OCCC(C)(C)O)ccc1N. The lowest BCUT2D eigenvalue weighted by Crippen LogP contribution is -2.31. The van der Waals surface area contributed by atoms with Crippen molar-refractivity contribution in [3.8, 4) is 0 Å². The quantitative estimate of drug-likeness (QED) is 0.288. The Morgan fingerprint density at radius 2 is 1.86 bits per heavy atom. The number of aliphatic hydroxyl groups is 1. The Bertz CT molecular complexity index is 663. The van der Waals surface area contributed by atoms with Crippen LogP contribution in [-0.4, -0.2) is 41.2 Å². The van der Waals surface area contributed by atoms with Crippen LogP contribution in [-0.2, 0) is 16.0 Å². The number of benzene rings is 1. The smallest absolute Gasteiger partial charge is 0.220 e. The summed E-state index contributed by atoms with van der Waals surface area (Å²) >= 11 is 0. The van der Waals surface area contributed by atoms with Gasteiger partial charge in [0.15, 0.2) is 5.78 Å². The van der Waals surface area contributed by atoms with Gasteiger partial charge in [-0.25, -0.2) is 0 Å². The maximum absolute atomic E-state index is 12.0. The van der Waals surface area contributed by atoms with Gasteiger partial charge in [-0.2, -0.15) is 0 Å². The molecule has 0 saturated heterocycles. The number of carbonyl (C=O) groups excluding carboxylic acids is 2. The molecule has 0 unspecified atom stereocenters. The second-order valence-electron chi connectivity index (χ2n) is 8.60. The Kier molecular flexibility index (Phi) is 9.11. The maximum atomic E-state index is 12.0. The highest BCUT2D eigenvalue weighted by atomic mass is 16.5. The zero-order valence-electron chi connectivity index (χ0n) is 17.9. The second-order valence-corrected chi connectivity index (χ2v) is 8.60. The van der Waals surface area contributed by atoms with Gasteiger partial charge in [-0.15, -0.1) is 0 Å². The third kappa shape index (κ3) is 9.85. The number of ether oxygens (including phenoxy) is 1. The van der Waals surface area contributed by atoms with Gasteiger partial charge < -0.3 is 20.9 Å². The van der Waals surface area contributed by atoms with Crippen LogP contribution < -0.4 is 11.1 Å². The molecule has 1 aromatic rings. The molecule has 0 spiro atoms. The number of aryl methyl sites for hydroxylation is 1.